The molecule has 3 nitrogen and oxygen atoms in total. The normalized spacial score (nSPS) is 15.2. The Bertz CT molecular complexity index is 1370. The first-order valence-electron chi connectivity index (χ1n) is 13.3. The summed E-state index contributed by atoms with van der Waals surface area (Å²) in [6.07, 6.45) is 13.4. The summed E-state index contributed by atoms with van der Waals surface area (Å²) >= 11 is 6.22. The molecule has 36 heavy (non-hydrogen) atoms. The van der Waals surface area contributed by atoms with Gasteiger partial charge < -0.3 is 9.30 Å². The number of pyridine rings is 1. The zero-order valence-electron chi connectivity index (χ0n) is 21.1. The monoisotopic (exact) mass is 496 g/mol. The maximum Gasteiger partial charge on any atom is 0.123 e. The number of halogens is 1. The molecule has 0 unspecified atom stereocenters. The van der Waals surface area contributed by atoms with Gasteiger partial charge in [0.05, 0.1) is 11.8 Å². The van der Waals surface area contributed by atoms with Crippen molar-refractivity contribution in [3.63, 3.8) is 0 Å². The minimum atomic E-state index is 0.343. The summed E-state index contributed by atoms with van der Waals surface area (Å²) in [5.74, 6) is 1.51. The second-order valence-electron chi connectivity index (χ2n) is 10.6. The van der Waals surface area contributed by atoms with Crippen molar-refractivity contribution in [3.8, 4) is 28.1 Å². The molecular weight excluding hydrogens is 464 g/mol. The Morgan fingerprint density at radius 2 is 1.83 bits per heavy atom. The third-order valence-electron chi connectivity index (χ3n) is 7.77. The van der Waals surface area contributed by atoms with E-state index in [2.05, 4.69) is 59.9 Å². The van der Waals surface area contributed by atoms with Gasteiger partial charge in [0.25, 0.3) is 0 Å². The first-order chi connectivity index (χ1) is 17.6. The van der Waals surface area contributed by atoms with Crippen LogP contribution in [0.15, 0.2) is 67.1 Å². The molecule has 0 radical (unpaired) electrons. The van der Waals surface area contributed by atoms with E-state index >= 15 is 0 Å². The van der Waals surface area contributed by atoms with Crippen LogP contribution in [0.5, 0.6) is 5.75 Å². The van der Waals surface area contributed by atoms with Gasteiger partial charge in [-0.15, -0.1) is 0 Å². The fraction of sp³-hybridized carbons (Fsp3) is 0.344. The van der Waals surface area contributed by atoms with Crippen LogP contribution in [0, 0.1) is 0 Å². The van der Waals surface area contributed by atoms with Crippen molar-refractivity contribution in [1.82, 2.24) is 9.55 Å². The summed E-state index contributed by atoms with van der Waals surface area (Å²) in [5.41, 5.74) is 10.5. The Balaban J connectivity index is 1.51. The molecule has 0 spiro atoms. The van der Waals surface area contributed by atoms with Gasteiger partial charge in [0.1, 0.15) is 5.75 Å². The number of hydrogen-bond acceptors (Lipinski definition) is 2. The molecule has 4 heteroatoms. The lowest BCUT2D eigenvalue weighted by atomic mass is 9.84. The molecule has 0 amide bonds. The highest BCUT2D eigenvalue weighted by atomic mass is 35.5. The van der Waals surface area contributed by atoms with Crippen LogP contribution in [0.25, 0.3) is 22.4 Å². The summed E-state index contributed by atoms with van der Waals surface area (Å²) in [7, 11) is 0. The molecular formula is C32H33ClN2O. The molecule has 4 aromatic rings. The van der Waals surface area contributed by atoms with Crippen molar-refractivity contribution < 1.29 is 4.74 Å². The molecule has 2 aromatic carbocycles. The predicted molar refractivity (Wildman–Crippen MR) is 148 cm³/mol. The quantitative estimate of drug-likeness (QED) is 0.267. The average Bonchev–Trinajstić information content (AvgIpc) is 3.53. The predicted octanol–water partition coefficient (Wildman–Crippen LogP) is 8.46. The van der Waals surface area contributed by atoms with E-state index in [1.54, 1.807) is 0 Å². The van der Waals surface area contributed by atoms with Gasteiger partial charge in [0, 0.05) is 41.3 Å². The van der Waals surface area contributed by atoms with Gasteiger partial charge >= 0.3 is 0 Å². The second kappa shape index (κ2) is 9.78. The average molecular weight is 497 g/mol. The number of nitrogens with zero attached hydrogens (tertiary/aromatic N) is 2. The van der Waals surface area contributed by atoms with Gasteiger partial charge in [-0.05, 0) is 96.5 Å². The Kier molecular flexibility index (Phi) is 6.35. The van der Waals surface area contributed by atoms with E-state index in [1.165, 1.54) is 57.5 Å². The van der Waals surface area contributed by atoms with Crippen molar-refractivity contribution in [2.45, 2.75) is 70.9 Å². The molecule has 2 aliphatic rings. The van der Waals surface area contributed by atoms with Gasteiger partial charge in [-0.3, -0.25) is 4.98 Å². The highest BCUT2D eigenvalue weighted by molar-refractivity contribution is 6.30. The third-order valence-corrected chi connectivity index (χ3v) is 8.02. The number of ether oxygens (including phenoxy) is 1. The molecule has 1 saturated carbocycles. The molecule has 184 valence electrons. The SMILES string of the molecule is CC(C)c1cc2c(cc1OC1CCCC1)-c1c(c(-c3ccc(Cl)cc3)cn1Cc1cccnc1)CC2. The van der Waals surface area contributed by atoms with Gasteiger partial charge in [0.15, 0.2) is 0 Å². The largest absolute Gasteiger partial charge is 0.490 e. The number of benzene rings is 2. The van der Waals surface area contributed by atoms with E-state index in [-0.39, 0.29) is 0 Å². The topological polar surface area (TPSA) is 27.1 Å². The number of fused-ring (bicyclic) bond motifs is 3. The zero-order chi connectivity index (χ0) is 24.6. The van der Waals surface area contributed by atoms with E-state index in [9.17, 15) is 0 Å². The molecule has 6 rings (SSSR count). The Morgan fingerprint density at radius 1 is 1.03 bits per heavy atom. The Morgan fingerprint density at radius 3 is 2.56 bits per heavy atom. The Labute approximate surface area is 219 Å². The minimum absolute atomic E-state index is 0.343. The van der Waals surface area contributed by atoms with Gasteiger partial charge in [-0.25, -0.2) is 0 Å². The van der Waals surface area contributed by atoms with Crippen LogP contribution >= 0.6 is 11.6 Å². The van der Waals surface area contributed by atoms with E-state index < -0.39 is 0 Å². The van der Waals surface area contributed by atoms with Crippen LogP contribution in [0.2, 0.25) is 5.02 Å². The summed E-state index contributed by atoms with van der Waals surface area (Å²) in [4.78, 5) is 4.37. The van der Waals surface area contributed by atoms with Gasteiger partial charge in [-0.2, -0.15) is 0 Å². The highest BCUT2D eigenvalue weighted by Gasteiger charge is 2.28. The summed E-state index contributed by atoms with van der Waals surface area (Å²) in [6.45, 7) is 5.34. The van der Waals surface area contributed by atoms with Crippen molar-refractivity contribution in [1.29, 1.82) is 0 Å². The van der Waals surface area contributed by atoms with E-state index in [0.717, 1.165) is 43.0 Å². The highest BCUT2D eigenvalue weighted by Crippen LogP contribution is 2.45. The van der Waals surface area contributed by atoms with Crippen LogP contribution in [-0.4, -0.2) is 15.7 Å². The maximum absolute atomic E-state index is 6.68. The van der Waals surface area contributed by atoms with E-state index in [4.69, 9.17) is 16.3 Å². The number of hydrogen-bond donors (Lipinski definition) is 0. The smallest absolute Gasteiger partial charge is 0.123 e. The van der Waals surface area contributed by atoms with Crippen molar-refractivity contribution >= 4 is 11.6 Å². The first-order valence-corrected chi connectivity index (χ1v) is 13.7. The second-order valence-corrected chi connectivity index (χ2v) is 11.0. The number of rotatable bonds is 6. The lowest BCUT2D eigenvalue weighted by Crippen LogP contribution is -2.15. The fourth-order valence-corrected chi connectivity index (χ4v) is 6.06. The first kappa shape index (κ1) is 23.4. The molecule has 0 saturated heterocycles. The summed E-state index contributed by atoms with van der Waals surface area (Å²) in [6, 6.07) is 17.2. The molecule has 2 aromatic heterocycles. The third kappa shape index (κ3) is 4.46. The standard InChI is InChI=1S/C32H33ClN2O/c1-21(2)28-16-24-11-14-27-30(23-9-12-25(33)13-10-23)20-35(19-22-6-5-15-34-18-22)32(27)29(24)17-31(28)36-26-7-3-4-8-26/h5-6,9-10,12-13,15-18,20-21,26H,3-4,7-8,11,14,19H2,1-2H3. The lowest BCUT2D eigenvalue weighted by molar-refractivity contribution is 0.207. The summed E-state index contributed by atoms with van der Waals surface area (Å²) in [5, 5.41) is 0.766. The Hall–Kier alpha value is -3.04. The van der Waals surface area contributed by atoms with E-state index in [1.807, 2.05) is 30.6 Å². The van der Waals surface area contributed by atoms with Crippen LogP contribution in [0.4, 0.5) is 0 Å². The molecule has 2 aliphatic carbocycles. The zero-order valence-corrected chi connectivity index (χ0v) is 21.9. The molecule has 2 heterocycles. The van der Waals surface area contributed by atoms with Crippen molar-refractivity contribution in [2.75, 3.05) is 0 Å². The molecule has 0 bridgehead atoms. The van der Waals surface area contributed by atoms with Crippen molar-refractivity contribution in [2.24, 2.45) is 0 Å². The maximum atomic E-state index is 6.68. The lowest BCUT2D eigenvalue weighted by Gasteiger charge is -2.25. The summed E-state index contributed by atoms with van der Waals surface area (Å²) < 4.78 is 9.10. The van der Waals surface area contributed by atoms with Crippen LogP contribution < -0.4 is 4.74 Å². The number of aryl methyl sites for hydroxylation is 1. The molecule has 0 N–H and O–H groups in total. The van der Waals surface area contributed by atoms with Crippen molar-refractivity contribution in [3.05, 3.63) is 94.4 Å². The van der Waals surface area contributed by atoms with E-state index in [0.29, 0.717) is 12.0 Å². The minimum Gasteiger partial charge on any atom is -0.490 e. The fourth-order valence-electron chi connectivity index (χ4n) is 5.93. The van der Waals surface area contributed by atoms with Crippen LogP contribution in [0.3, 0.4) is 0 Å². The van der Waals surface area contributed by atoms with Crippen LogP contribution in [0.1, 0.15) is 67.7 Å². The van der Waals surface area contributed by atoms with Gasteiger partial charge in [-0.1, -0.05) is 49.7 Å². The molecule has 0 aliphatic heterocycles. The number of aromatic nitrogens is 2. The molecule has 0 atom stereocenters. The van der Waals surface area contributed by atoms with Gasteiger partial charge in [0.2, 0.25) is 0 Å². The molecule has 1 fully saturated rings. The van der Waals surface area contributed by atoms with Crippen LogP contribution in [-0.2, 0) is 19.4 Å².